The van der Waals surface area contributed by atoms with Crippen LogP contribution in [0.1, 0.15) is 26.7 Å². The Kier molecular flexibility index (Phi) is 2.66. The van der Waals surface area contributed by atoms with Gasteiger partial charge in [-0.15, -0.1) is 0 Å². The van der Waals surface area contributed by atoms with Crippen molar-refractivity contribution in [3.8, 4) is 0 Å². The summed E-state index contributed by atoms with van der Waals surface area (Å²) in [5.41, 5.74) is 0. The van der Waals surface area contributed by atoms with Crippen LogP contribution < -0.4 is 0 Å². The molecule has 1 fully saturated rings. The van der Waals surface area contributed by atoms with Crippen molar-refractivity contribution in [1.82, 2.24) is 9.80 Å². The van der Waals surface area contributed by atoms with E-state index in [1.807, 2.05) is 0 Å². The molecular weight excluding hydrogens is 174 g/mol. The molecule has 0 saturated carbocycles. The van der Waals surface area contributed by atoms with Gasteiger partial charge in [0.25, 0.3) is 0 Å². The summed E-state index contributed by atoms with van der Waals surface area (Å²) in [6.45, 7) is 7.80. The lowest BCUT2D eigenvalue weighted by Gasteiger charge is -2.37. The summed E-state index contributed by atoms with van der Waals surface area (Å²) in [5, 5.41) is 0. The van der Waals surface area contributed by atoms with Crippen LogP contribution in [-0.2, 0) is 0 Å². The highest BCUT2D eigenvalue weighted by Crippen LogP contribution is 2.26. The average Bonchev–Trinajstić information content (AvgIpc) is 2.59. The zero-order valence-electron chi connectivity index (χ0n) is 9.53. The highest BCUT2D eigenvalue weighted by Gasteiger charge is 2.33. The number of hydrogen-bond donors (Lipinski definition) is 0. The predicted octanol–water partition coefficient (Wildman–Crippen LogP) is 1.41. The van der Waals surface area contributed by atoms with Crippen molar-refractivity contribution in [1.29, 1.82) is 0 Å². The van der Waals surface area contributed by atoms with E-state index in [1.165, 1.54) is 25.3 Å². The molecule has 0 spiro atoms. The second-order valence-corrected chi connectivity index (χ2v) is 4.64. The molecule has 0 N–H and O–H groups in total. The Morgan fingerprint density at radius 3 is 3.00 bits per heavy atom. The molecule has 3 nitrogen and oxygen atoms in total. The van der Waals surface area contributed by atoms with Crippen molar-refractivity contribution in [3.63, 3.8) is 0 Å². The van der Waals surface area contributed by atoms with E-state index in [-0.39, 0.29) is 0 Å². The minimum atomic E-state index is 0.704. The van der Waals surface area contributed by atoms with E-state index in [9.17, 15) is 0 Å². The minimum absolute atomic E-state index is 0.704. The Hall–Kier alpha value is -0.730. The van der Waals surface area contributed by atoms with Gasteiger partial charge in [0.05, 0.1) is 12.6 Å². The van der Waals surface area contributed by atoms with Crippen LogP contribution in [0.15, 0.2) is 4.99 Å². The van der Waals surface area contributed by atoms with Gasteiger partial charge in [-0.05, 0) is 25.7 Å². The number of aliphatic imine (C=N–C) groups is 1. The van der Waals surface area contributed by atoms with Crippen LogP contribution in [0.4, 0.5) is 0 Å². The van der Waals surface area contributed by atoms with Crippen molar-refractivity contribution in [2.45, 2.75) is 32.7 Å². The molecule has 0 aromatic heterocycles. The fourth-order valence-electron chi connectivity index (χ4n) is 2.40. The summed E-state index contributed by atoms with van der Waals surface area (Å²) >= 11 is 0. The smallest absolute Gasteiger partial charge is 0.196 e. The van der Waals surface area contributed by atoms with Gasteiger partial charge in [-0.2, -0.15) is 0 Å². The Morgan fingerprint density at radius 2 is 2.29 bits per heavy atom. The predicted molar refractivity (Wildman–Crippen MR) is 59.5 cm³/mol. The maximum absolute atomic E-state index is 4.65. The summed E-state index contributed by atoms with van der Waals surface area (Å²) < 4.78 is 0. The molecule has 80 valence electrons. The summed E-state index contributed by atoms with van der Waals surface area (Å²) in [7, 11) is 2.14. The van der Waals surface area contributed by atoms with E-state index in [0.29, 0.717) is 6.04 Å². The third kappa shape index (κ3) is 1.60. The molecule has 2 unspecified atom stereocenters. The molecule has 0 aromatic rings. The first-order valence-corrected chi connectivity index (χ1v) is 5.74. The van der Waals surface area contributed by atoms with E-state index in [1.54, 1.807) is 0 Å². The molecule has 1 saturated heterocycles. The molecule has 0 amide bonds. The monoisotopic (exact) mass is 195 g/mol. The highest BCUT2D eigenvalue weighted by molar-refractivity contribution is 5.82. The van der Waals surface area contributed by atoms with Gasteiger partial charge < -0.3 is 9.80 Å². The van der Waals surface area contributed by atoms with Crippen LogP contribution in [0.25, 0.3) is 0 Å². The van der Waals surface area contributed by atoms with Crippen molar-refractivity contribution in [2.75, 3.05) is 26.7 Å². The van der Waals surface area contributed by atoms with Gasteiger partial charge in [0.2, 0.25) is 0 Å². The maximum Gasteiger partial charge on any atom is 0.196 e. The molecule has 2 heterocycles. The van der Waals surface area contributed by atoms with E-state index >= 15 is 0 Å². The van der Waals surface area contributed by atoms with Gasteiger partial charge in [-0.1, -0.05) is 6.92 Å². The van der Waals surface area contributed by atoms with Crippen LogP contribution in [0.3, 0.4) is 0 Å². The molecule has 2 rings (SSSR count). The average molecular weight is 195 g/mol. The highest BCUT2D eigenvalue weighted by atomic mass is 15.4. The van der Waals surface area contributed by atoms with Crippen LogP contribution >= 0.6 is 0 Å². The fourth-order valence-corrected chi connectivity index (χ4v) is 2.40. The Balaban J connectivity index is 2.06. The Morgan fingerprint density at radius 1 is 1.50 bits per heavy atom. The summed E-state index contributed by atoms with van der Waals surface area (Å²) in [6, 6.07) is 0.704. The first-order chi connectivity index (χ1) is 6.72. The van der Waals surface area contributed by atoms with Crippen molar-refractivity contribution >= 4 is 5.96 Å². The van der Waals surface area contributed by atoms with Gasteiger partial charge in [-0.3, -0.25) is 4.99 Å². The van der Waals surface area contributed by atoms with Crippen LogP contribution in [0, 0.1) is 5.92 Å². The van der Waals surface area contributed by atoms with Crippen molar-refractivity contribution < 1.29 is 0 Å². The molecular formula is C11H21N3. The van der Waals surface area contributed by atoms with Crippen LogP contribution in [-0.4, -0.2) is 48.5 Å². The number of piperidine rings is 1. The molecule has 2 aliphatic rings. The van der Waals surface area contributed by atoms with Crippen molar-refractivity contribution in [2.24, 2.45) is 10.9 Å². The largest absolute Gasteiger partial charge is 0.346 e. The zero-order chi connectivity index (χ0) is 10.1. The Bertz CT molecular complexity index is 237. The second-order valence-electron chi connectivity index (χ2n) is 4.64. The third-order valence-corrected chi connectivity index (χ3v) is 3.46. The lowest BCUT2D eigenvalue weighted by molar-refractivity contribution is 0.199. The van der Waals surface area contributed by atoms with Crippen LogP contribution in [0.5, 0.6) is 0 Å². The lowest BCUT2D eigenvalue weighted by atomic mass is 9.95. The van der Waals surface area contributed by atoms with Gasteiger partial charge in [0.15, 0.2) is 5.96 Å². The van der Waals surface area contributed by atoms with E-state index < -0.39 is 0 Å². The standard InChI is InChI=1S/C11H21N3/c1-4-13(3)11-12-7-10-6-5-9(2)8-14(10)11/h9-10H,4-8H2,1-3H3. The zero-order valence-corrected chi connectivity index (χ0v) is 9.53. The number of rotatable bonds is 1. The topological polar surface area (TPSA) is 18.8 Å². The molecule has 14 heavy (non-hydrogen) atoms. The molecule has 0 aromatic carbocycles. The summed E-state index contributed by atoms with van der Waals surface area (Å²) in [4.78, 5) is 9.43. The molecule has 0 bridgehead atoms. The normalized spacial score (nSPS) is 31.4. The SMILES string of the molecule is CCN(C)C1=NCC2CCC(C)CN12. The molecule has 0 radical (unpaired) electrons. The number of nitrogens with zero attached hydrogens (tertiary/aromatic N) is 3. The molecule has 2 atom stereocenters. The third-order valence-electron chi connectivity index (χ3n) is 3.46. The first kappa shape index (κ1) is 9.81. The quantitative estimate of drug-likeness (QED) is 0.630. The number of fused-ring (bicyclic) bond motifs is 1. The van der Waals surface area contributed by atoms with Gasteiger partial charge >= 0.3 is 0 Å². The molecule has 2 aliphatic heterocycles. The van der Waals surface area contributed by atoms with Gasteiger partial charge in [0, 0.05) is 20.1 Å². The second kappa shape index (κ2) is 3.79. The Labute approximate surface area is 86.8 Å². The lowest BCUT2D eigenvalue weighted by Crippen LogP contribution is -2.48. The van der Waals surface area contributed by atoms with E-state index in [4.69, 9.17) is 0 Å². The summed E-state index contributed by atoms with van der Waals surface area (Å²) in [5.74, 6) is 2.06. The van der Waals surface area contributed by atoms with E-state index in [0.717, 1.165) is 19.0 Å². The molecule has 0 aliphatic carbocycles. The van der Waals surface area contributed by atoms with Gasteiger partial charge in [-0.25, -0.2) is 0 Å². The van der Waals surface area contributed by atoms with Crippen LogP contribution in [0.2, 0.25) is 0 Å². The fraction of sp³-hybridized carbons (Fsp3) is 0.909. The van der Waals surface area contributed by atoms with Crippen molar-refractivity contribution in [3.05, 3.63) is 0 Å². The molecule has 3 heteroatoms. The minimum Gasteiger partial charge on any atom is -0.346 e. The maximum atomic E-state index is 4.65. The first-order valence-electron chi connectivity index (χ1n) is 5.74. The van der Waals surface area contributed by atoms with E-state index in [2.05, 4.69) is 35.7 Å². The number of guanidine groups is 1. The van der Waals surface area contributed by atoms with Gasteiger partial charge in [0.1, 0.15) is 0 Å². The summed E-state index contributed by atoms with van der Waals surface area (Å²) in [6.07, 6.45) is 2.70. The number of hydrogen-bond acceptors (Lipinski definition) is 3.